The van der Waals surface area contributed by atoms with E-state index in [0.29, 0.717) is 28.0 Å². The number of benzene rings is 2. The zero-order valence-corrected chi connectivity index (χ0v) is 24.1. The number of anilines is 2. The summed E-state index contributed by atoms with van der Waals surface area (Å²) in [4.78, 5) is 41.7. The predicted molar refractivity (Wildman–Crippen MR) is 154 cm³/mol. The predicted octanol–water partition coefficient (Wildman–Crippen LogP) is 6.56. The summed E-state index contributed by atoms with van der Waals surface area (Å²) < 4.78 is 4.98. The lowest BCUT2D eigenvalue weighted by Gasteiger charge is -2.34. The van der Waals surface area contributed by atoms with Crippen LogP contribution in [0.15, 0.2) is 59.1 Å². The number of aryl methyl sites for hydroxylation is 1. The second kappa shape index (κ2) is 12.9. The average Bonchev–Trinajstić information content (AvgIpc) is 3.29. The van der Waals surface area contributed by atoms with Gasteiger partial charge in [-0.15, -0.1) is 0 Å². The van der Waals surface area contributed by atoms with Gasteiger partial charge in [-0.3, -0.25) is 19.3 Å². The quantitative estimate of drug-likeness (QED) is 0.296. The van der Waals surface area contributed by atoms with Crippen LogP contribution in [-0.2, 0) is 14.4 Å². The number of halogens is 1. The van der Waals surface area contributed by atoms with Crippen molar-refractivity contribution >= 4 is 40.8 Å². The third kappa shape index (κ3) is 8.17. The second-order valence-electron chi connectivity index (χ2n) is 10.7. The summed E-state index contributed by atoms with van der Waals surface area (Å²) >= 11 is 6.58. The van der Waals surface area contributed by atoms with Gasteiger partial charge in [-0.25, -0.2) is 0 Å². The summed E-state index contributed by atoms with van der Waals surface area (Å²) in [5, 5.41) is 9.75. The first-order chi connectivity index (χ1) is 18.4. The molecule has 0 saturated heterocycles. The highest BCUT2D eigenvalue weighted by atomic mass is 35.5. The van der Waals surface area contributed by atoms with Gasteiger partial charge in [0.2, 0.25) is 17.7 Å². The van der Waals surface area contributed by atoms with Gasteiger partial charge in [0.25, 0.3) is 0 Å². The summed E-state index contributed by atoms with van der Waals surface area (Å²) in [5.41, 5.74) is 1.60. The van der Waals surface area contributed by atoms with Crippen molar-refractivity contribution in [3.63, 3.8) is 0 Å². The van der Waals surface area contributed by atoms with E-state index in [1.54, 1.807) is 37.3 Å². The molecule has 0 aliphatic heterocycles. The Balaban J connectivity index is 2.00. The Kier molecular flexibility index (Phi) is 9.92. The molecule has 0 aliphatic carbocycles. The van der Waals surface area contributed by atoms with Crippen molar-refractivity contribution in [3.05, 3.63) is 76.5 Å². The van der Waals surface area contributed by atoms with Gasteiger partial charge >= 0.3 is 0 Å². The van der Waals surface area contributed by atoms with Crippen molar-refractivity contribution in [2.45, 2.75) is 78.3 Å². The van der Waals surface area contributed by atoms with Crippen LogP contribution in [-0.4, -0.2) is 28.4 Å². The molecule has 0 spiro atoms. The van der Waals surface area contributed by atoms with Gasteiger partial charge < -0.3 is 15.2 Å². The molecule has 0 bridgehead atoms. The van der Waals surface area contributed by atoms with Gasteiger partial charge in [-0.05, 0) is 63.8 Å². The first-order valence-electron chi connectivity index (χ1n) is 13.1. The van der Waals surface area contributed by atoms with Crippen molar-refractivity contribution in [3.8, 4) is 0 Å². The maximum Gasteiger partial charge on any atom is 0.248 e. The van der Waals surface area contributed by atoms with E-state index >= 15 is 0 Å². The van der Waals surface area contributed by atoms with Crippen LogP contribution in [0.4, 0.5) is 11.5 Å². The zero-order chi connectivity index (χ0) is 28.7. The molecule has 208 valence electrons. The lowest BCUT2D eigenvalue weighted by atomic mass is 9.97. The van der Waals surface area contributed by atoms with Crippen molar-refractivity contribution in [2.24, 2.45) is 0 Å². The van der Waals surface area contributed by atoms with Crippen LogP contribution in [0.2, 0.25) is 5.02 Å². The van der Waals surface area contributed by atoms with Crippen molar-refractivity contribution in [1.82, 2.24) is 10.5 Å². The third-order valence-electron chi connectivity index (χ3n) is 6.29. The summed E-state index contributed by atoms with van der Waals surface area (Å²) in [6.45, 7) is 11.6. The summed E-state index contributed by atoms with van der Waals surface area (Å²) in [6.07, 6.45) is 0.722. The van der Waals surface area contributed by atoms with E-state index in [2.05, 4.69) is 29.6 Å². The molecule has 2 aromatic carbocycles. The Morgan fingerprint density at radius 3 is 2.28 bits per heavy atom. The van der Waals surface area contributed by atoms with Crippen LogP contribution in [0.3, 0.4) is 0 Å². The highest BCUT2D eigenvalue weighted by Crippen LogP contribution is 2.34. The molecule has 0 fully saturated rings. The molecule has 0 aliphatic rings. The van der Waals surface area contributed by atoms with E-state index in [1.165, 1.54) is 4.90 Å². The molecule has 0 saturated carbocycles. The maximum absolute atomic E-state index is 13.9. The van der Waals surface area contributed by atoms with E-state index in [4.69, 9.17) is 16.1 Å². The van der Waals surface area contributed by atoms with Crippen LogP contribution < -0.4 is 15.5 Å². The molecule has 1 heterocycles. The lowest BCUT2D eigenvalue weighted by molar-refractivity contribution is -0.128. The molecule has 0 radical (unpaired) electrons. The zero-order valence-electron chi connectivity index (χ0n) is 23.4. The topological polar surface area (TPSA) is 105 Å². The number of carbonyl (C=O) groups is 3. The number of amides is 3. The Morgan fingerprint density at radius 2 is 1.72 bits per heavy atom. The van der Waals surface area contributed by atoms with E-state index in [1.807, 2.05) is 45.0 Å². The second-order valence-corrected chi connectivity index (χ2v) is 11.1. The van der Waals surface area contributed by atoms with Gasteiger partial charge in [0.05, 0.1) is 0 Å². The molecule has 1 aromatic heterocycles. The molecular weight excluding hydrogens is 516 g/mol. The number of aromatic nitrogens is 1. The molecule has 2 atom stereocenters. The Hall–Kier alpha value is -3.65. The molecule has 39 heavy (non-hydrogen) atoms. The highest BCUT2D eigenvalue weighted by molar-refractivity contribution is 6.31. The number of hydrogen-bond acceptors (Lipinski definition) is 5. The van der Waals surface area contributed by atoms with Crippen LogP contribution in [0.1, 0.15) is 82.7 Å². The lowest BCUT2D eigenvalue weighted by Crippen LogP contribution is -2.49. The highest BCUT2D eigenvalue weighted by Gasteiger charge is 2.35. The summed E-state index contributed by atoms with van der Waals surface area (Å²) in [5.74, 6) is 0.0128. The fourth-order valence-corrected chi connectivity index (χ4v) is 4.38. The summed E-state index contributed by atoms with van der Waals surface area (Å²) in [7, 11) is 0. The van der Waals surface area contributed by atoms with Crippen molar-refractivity contribution in [2.75, 3.05) is 10.2 Å². The van der Waals surface area contributed by atoms with Crippen molar-refractivity contribution < 1.29 is 18.9 Å². The van der Waals surface area contributed by atoms with Gasteiger partial charge in [0.1, 0.15) is 11.8 Å². The summed E-state index contributed by atoms with van der Waals surface area (Å²) in [6, 6.07) is 15.1. The molecule has 0 unspecified atom stereocenters. The fourth-order valence-electron chi connectivity index (χ4n) is 4.14. The normalized spacial score (nSPS) is 12.9. The van der Waals surface area contributed by atoms with Crippen molar-refractivity contribution in [1.29, 1.82) is 0 Å². The van der Waals surface area contributed by atoms with Gasteiger partial charge in [-0.2, -0.15) is 0 Å². The van der Waals surface area contributed by atoms with Crippen LogP contribution in [0.25, 0.3) is 0 Å². The monoisotopic (exact) mass is 552 g/mol. The Labute approximate surface area is 235 Å². The average molecular weight is 553 g/mol. The molecule has 3 aromatic rings. The van der Waals surface area contributed by atoms with Crippen LogP contribution in [0.5, 0.6) is 0 Å². The molecule has 3 rings (SSSR count). The SMILES string of the molecule is CC[C@H](C)c1ccc(N(C(=O)CCC(=O)Nc2cc(C)on2)[C@@H](C(=O)NC(C)(C)C)c2ccccc2Cl)cc1. The largest absolute Gasteiger partial charge is 0.360 e. The Bertz CT molecular complexity index is 1300. The first kappa shape index (κ1) is 29.9. The number of nitrogens with zero attached hydrogens (tertiary/aromatic N) is 2. The smallest absolute Gasteiger partial charge is 0.248 e. The minimum absolute atomic E-state index is 0.109. The molecule has 9 heteroatoms. The van der Waals surface area contributed by atoms with Crippen LogP contribution >= 0.6 is 11.6 Å². The van der Waals surface area contributed by atoms with Gasteiger partial charge in [0, 0.05) is 40.7 Å². The number of nitrogens with one attached hydrogen (secondary N) is 2. The Morgan fingerprint density at radius 1 is 1.05 bits per heavy atom. The maximum atomic E-state index is 13.9. The number of rotatable bonds is 10. The number of hydrogen-bond donors (Lipinski definition) is 2. The van der Waals surface area contributed by atoms with Gasteiger partial charge in [0.15, 0.2) is 5.82 Å². The molecule has 2 N–H and O–H groups in total. The minimum atomic E-state index is -1.05. The molecular formula is C30H37ClN4O4. The number of carbonyl (C=O) groups excluding carboxylic acids is 3. The molecule has 3 amide bonds. The van der Waals surface area contributed by atoms with E-state index in [9.17, 15) is 14.4 Å². The molecule has 8 nitrogen and oxygen atoms in total. The van der Waals surface area contributed by atoms with E-state index in [0.717, 1.165) is 12.0 Å². The minimum Gasteiger partial charge on any atom is -0.360 e. The first-order valence-corrected chi connectivity index (χ1v) is 13.5. The standard InChI is InChI=1S/C30H37ClN4O4/c1-7-19(2)21-12-14-22(15-13-21)35(27(37)17-16-26(36)32-25-18-20(3)39-34-25)28(29(38)33-30(4,5)6)23-10-8-9-11-24(23)31/h8-15,18-19,28H,7,16-17H2,1-6H3,(H,33,38)(H,32,34,36)/t19-,28+/m0/s1. The fraction of sp³-hybridized carbons (Fsp3) is 0.400. The third-order valence-corrected chi connectivity index (χ3v) is 6.63. The van der Waals surface area contributed by atoms with Crippen LogP contribution in [0, 0.1) is 6.92 Å². The van der Waals surface area contributed by atoms with E-state index < -0.39 is 23.4 Å². The van der Waals surface area contributed by atoms with Gasteiger partial charge in [-0.1, -0.05) is 60.9 Å². The van der Waals surface area contributed by atoms with E-state index in [-0.39, 0.29) is 24.6 Å².